The number of sulfonamides is 1. The van der Waals surface area contributed by atoms with Crippen LogP contribution in [0.3, 0.4) is 0 Å². The van der Waals surface area contributed by atoms with Gasteiger partial charge in [0.05, 0.1) is 5.92 Å². The molecule has 136 valence electrons. The average Bonchev–Trinajstić information content (AvgIpc) is 3.17. The van der Waals surface area contributed by atoms with Crippen LogP contribution in [0.1, 0.15) is 17.9 Å². The number of rotatable bonds is 3. The van der Waals surface area contributed by atoms with E-state index in [1.807, 2.05) is 0 Å². The van der Waals surface area contributed by atoms with Crippen molar-refractivity contribution >= 4 is 28.3 Å². The van der Waals surface area contributed by atoms with E-state index in [9.17, 15) is 13.2 Å². The molecule has 0 spiro atoms. The highest BCUT2D eigenvalue weighted by Gasteiger charge is 2.35. The van der Waals surface area contributed by atoms with Crippen LogP contribution < -0.4 is 5.32 Å². The van der Waals surface area contributed by atoms with Crippen molar-refractivity contribution < 1.29 is 17.7 Å². The first-order valence-electron chi connectivity index (χ1n) is 7.84. The standard InChI is InChI=1S/C14H22N4O4S.ClH/c1-10-13(11(2)22-16-10)23(20,21)18-7-5-17(6-8-18)14(19)12-3-4-15-9-12;/h12,15H,3-9H2,1-2H3;1H. The van der Waals surface area contributed by atoms with Gasteiger partial charge in [-0.1, -0.05) is 5.16 Å². The minimum atomic E-state index is -3.62. The third-order valence-corrected chi connectivity index (χ3v) is 6.67. The quantitative estimate of drug-likeness (QED) is 0.804. The van der Waals surface area contributed by atoms with Crippen molar-refractivity contribution in [1.29, 1.82) is 0 Å². The number of aromatic nitrogens is 1. The molecule has 3 rings (SSSR count). The van der Waals surface area contributed by atoms with Crippen LogP contribution in [0.4, 0.5) is 0 Å². The van der Waals surface area contributed by atoms with Gasteiger partial charge in [-0.3, -0.25) is 4.79 Å². The molecule has 1 aromatic heterocycles. The molecule has 3 heterocycles. The monoisotopic (exact) mass is 378 g/mol. The summed E-state index contributed by atoms with van der Waals surface area (Å²) in [5.41, 5.74) is 0.373. The number of aryl methyl sites for hydroxylation is 2. The molecule has 2 fully saturated rings. The summed E-state index contributed by atoms with van der Waals surface area (Å²) in [6.07, 6.45) is 0.858. The summed E-state index contributed by atoms with van der Waals surface area (Å²) >= 11 is 0. The molecule has 1 amide bonds. The van der Waals surface area contributed by atoms with Gasteiger partial charge in [0.2, 0.25) is 15.9 Å². The minimum absolute atomic E-state index is 0. The van der Waals surface area contributed by atoms with Crippen molar-refractivity contribution in [3.63, 3.8) is 0 Å². The zero-order chi connectivity index (χ0) is 16.6. The molecule has 2 saturated heterocycles. The van der Waals surface area contributed by atoms with Crippen LogP contribution >= 0.6 is 12.4 Å². The number of carbonyl (C=O) groups is 1. The van der Waals surface area contributed by atoms with Gasteiger partial charge in [-0.05, 0) is 26.8 Å². The number of halogens is 1. The number of hydrogen-bond acceptors (Lipinski definition) is 6. The van der Waals surface area contributed by atoms with Crippen molar-refractivity contribution in [2.75, 3.05) is 39.3 Å². The lowest BCUT2D eigenvalue weighted by atomic mass is 10.1. The Labute approximate surface area is 148 Å². The predicted molar refractivity (Wildman–Crippen MR) is 89.5 cm³/mol. The summed E-state index contributed by atoms with van der Waals surface area (Å²) in [5, 5.41) is 6.91. The van der Waals surface area contributed by atoms with Gasteiger partial charge in [-0.25, -0.2) is 8.42 Å². The van der Waals surface area contributed by atoms with E-state index in [4.69, 9.17) is 4.52 Å². The zero-order valence-corrected chi connectivity index (χ0v) is 15.5. The molecule has 8 nitrogen and oxygen atoms in total. The van der Waals surface area contributed by atoms with E-state index in [1.165, 1.54) is 4.31 Å². The Hall–Kier alpha value is -1.16. The van der Waals surface area contributed by atoms with Gasteiger partial charge in [-0.2, -0.15) is 4.31 Å². The topological polar surface area (TPSA) is 95.8 Å². The van der Waals surface area contributed by atoms with E-state index in [2.05, 4.69) is 10.5 Å². The highest BCUT2D eigenvalue weighted by atomic mass is 35.5. The SMILES string of the molecule is Cc1noc(C)c1S(=O)(=O)N1CCN(C(=O)C2CCNC2)CC1.Cl. The Balaban J connectivity index is 0.00000208. The highest BCUT2D eigenvalue weighted by Crippen LogP contribution is 2.24. The van der Waals surface area contributed by atoms with Gasteiger partial charge in [0.1, 0.15) is 10.6 Å². The van der Waals surface area contributed by atoms with Crippen molar-refractivity contribution in [2.45, 2.75) is 25.2 Å². The van der Waals surface area contributed by atoms with Crippen LogP contribution in [0, 0.1) is 19.8 Å². The van der Waals surface area contributed by atoms with E-state index < -0.39 is 10.0 Å². The predicted octanol–water partition coefficient (Wildman–Crippen LogP) is 0.156. The number of nitrogens with zero attached hydrogens (tertiary/aromatic N) is 3. The molecule has 0 bridgehead atoms. The third-order valence-electron chi connectivity index (χ3n) is 4.53. The molecule has 0 aliphatic carbocycles. The van der Waals surface area contributed by atoms with Gasteiger partial charge in [0.25, 0.3) is 0 Å². The first-order valence-corrected chi connectivity index (χ1v) is 9.28. The Morgan fingerprint density at radius 1 is 1.25 bits per heavy atom. The lowest BCUT2D eigenvalue weighted by Gasteiger charge is -2.35. The number of nitrogens with one attached hydrogen (secondary N) is 1. The Morgan fingerprint density at radius 3 is 2.42 bits per heavy atom. The molecule has 0 saturated carbocycles. The Kier molecular flexibility index (Phi) is 5.90. The summed E-state index contributed by atoms with van der Waals surface area (Å²) in [6.45, 7) is 6.27. The van der Waals surface area contributed by atoms with Crippen LogP contribution in [0.5, 0.6) is 0 Å². The van der Waals surface area contributed by atoms with E-state index >= 15 is 0 Å². The summed E-state index contributed by atoms with van der Waals surface area (Å²) in [5.74, 6) is 0.461. The molecule has 1 atom stereocenters. The van der Waals surface area contributed by atoms with Crippen LogP contribution in [0.2, 0.25) is 0 Å². The molecular weight excluding hydrogens is 356 g/mol. The molecule has 10 heteroatoms. The molecule has 24 heavy (non-hydrogen) atoms. The molecule has 0 aromatic carbocycles. The highest BCUT2D eigenvalue weighted by molar-refractivity contribution is 7.89. The van der Waals surface area contributed by atoms with Crippen molar-refractivity contribution in [3.8, 4) is 0 Å². The first-order chi connectivity index (χ1) is 10.9. The second kappa shape index (κ2) is 7.38. The normalized spacial score (nSPS) is 22.4. The Morgan fingerprint density at radius 2 is 1.92 bits per heavy atom. The molecule has 1 unspecified atom stereocenters. The van der Waals surface area contributed by atoms with Crippen molar-refractivity contribution in [3.05, 3.63) is 11.5 Å². The number of hydrogen-bond donors (Lipinski definition) is 1. The fourth-order valence-electron chi connectivity index (χ4n) is 3.24. The zero-order valence-electron chi connectivity index (χ0n) is 13.8. The van der Waals surface area contributed by atoms with E-state index in [0.717, 1.165) is 19.5 Å². The maximum absolute atomic E-state index is 12.7. The van der Waals surface area contributed by atoms with Crippen molar-refractivity contribution in [2.24, 2.45) is 5.92 Å². The lowest BCUT2D eigenvalue weighted by molar-refractivity contribution is -0.136. The lowest BCUT2D eigenvalue weighted by Crippen LogP contribution is -2.52. The maximum Gasteiger partial charge on any atom is 0.248 e. The van der Waals surface area contributed by atoms with Crippen LogP contribution in [0.15, 0.2) is 9.42 Å². The summed E-state index contributed by atoms with van der Waals surface area (Å²) < 4.78 is 31.9. The minimum Gasteiger partial charge on any atom is -0.360 e. The van der Waals surface area contributed by atoms with Gasteiger partial charge in [-0.15, -0.1) is 12.4 Å². The number of piperazine rings is 1. The first kappa shape index (κ1) is 19.2. The molecule has 1 N–H and O–H groups in total. The van der Waals surface area contributed by atoms with Gasteiger partial charge < -0.3 is 14.7 Å². The second-order valence-electron chi connectivity index (χ2n) is 6.07. The summed E-state index contributed by atoms with van der Waals surface area (Å²) in [6, 6.07) is 0. The molecule has 1 aromatic rings. The van der Waals surface area contributed by atoms with Crippen LogP contribution in [-0.2, 0) is 14.8 Å². The average molecular weight is 379 g/mol. The molecular formula is C14H23ClN4O4S. The molecule has 2 aliphatic rings. The Bertz CT molecular complexity index is 672. The molecule has 0 radical (unpaired) electrons. The van der Waals surface area contributed by atoms with E-state index in [-0.39, 0.29) is 29.1 Å². The second-order valence-corrected chi connectivity index (χ2v) is 7.95. The van der Waals surface area contributed by atoms with Crippen LogP contribution in [-0.4, -0.2) is 68.0 Å². The van der Waals surface area contributed by atoms with E-state index in [0.29, 0.717) is 37.6 Å². The number of carbonyl (C=O) groups excluding carboxylic acids is 1. The summed E-state index contributed by atoms with van der Waals surface area (Å²) in [4.78, 5) is 14.3. The van der Waals surface area contributed by atoms with Gasteiger partial charge >= 0.3 is 0 Å². The van der Waals surface area contributed by atoms with Gasteiger partial charge in [0.15, 0.2) is 5.76 Å². The smallest absolute Gasteiger partial charge is 0.248 e. The van der Waals surface area contributed by atoms with Gasteiger partial charge in [0, 0.05) is 32.7 Å². The number of amides is 1. The van der Waals surface area contributed by atoms with Crippen molar-refractivity contribution in [1.82, 2.24) is 19.7 Å². The van der Waals surface area contributed by atoms with Crippen LogP contribution in [0.25, 0.3) is 0 Å². The molecule has 2 aliphatic heterocycles. The maximum atomic E-state index is 12.7. The summed E-state index contributed by atoms with van der Waals surface area (Å²) in [7, 11) is -3.62. The third kappa shape index (κ3) is 3.44. The largest absolute Gasteiger partial charge is 0.360 e. The fourth-order valence-corrected chi connectivity index (χ4v) is 4.96. The van der Waals surface area contributed by atoms with E-state index in [1.54, 1.807) is 18.7 Å². The fraction of sp³-hybridized carbons (Fsp3) is 0.714.